The third-order valence-corrected chi connectivity index (χ3v) is 2.99. The second kappa shape index (κ2) is 5.00. The van der Waals surface area contributed by atoms with Crippen molar-refractivity contribution in [2.45, 2.75) is 0 Å². The quantitative estimate of drug-likeness (QED) is 0.706. The highest BCUT2D eigenvalue weighted by atomic mass is 15.2. The zero-order chi connectivity index (χ0) is 13.9. The van der Waals surface area contributed by atoms with Crippen molar-refractivity contribution in [3.63, 3.8) is 0 Å². The SMILES string of the molecule is Cn1ccc(-c2ccc3cn[nH]c3c2)cc(N)ncn1. The highest BCUT2D eigenvalue weighted by Crippen LogP contribution is 2.22. The number of nitrogens with zero attached hydrogens (tertiary/aromatic N) is 4. The van der Waals surface area contributed by atoms with E-state index in [0.717, 1.165) is 22.0 Å². The molecular formula is C14H14N6. The molecule has 0 unspecified atom stereocenters. The fraction of sp³-hybridized carbons (Fsp3) is 0.0714. The summed E-state index contributed by atoms with van der Waals surface area (Å²) >= 11 is 0. The number of rotatable bonds is 1. The van der Waals surface area contributed by atoms with Crippen molar-refractivity contribution in [2.75, 3.05) is 5.73 Å². The normalized spacial score (nSPS) is 10.4. The van der Waals surface area contributed by atoms with Gasteiger partial charge in [0.15, 0.2) is 0 Å². The van der Waals surface area contributed by atoms with Crippen LogP contribution in [0.25, 0.3) is 22.0 Å². The van der Waals surface area contributed by atoms with E-state index in [1.165, 1.54) is 6.33 Å². The zero-order valence-corrected chi connectivity index (χ0v) is 11.0. The van der Waals surface area contributed by atoms with Gasteiger partial charge in [-0.1, -0.05) is 12.1 Å². The van der Waals surface area contributed by atoms with Crippen LogP contribution in [0.1, 0.15) is 0 Å². The Labute approximate surface area is 115 Å². The molecule has 3 rings (SSSR count). The second-order valence-electron chi connectivity index (χ2n) is 4.45. The van der Waals surface area contributed by atoms with E-state index in [9.17, 15) is 0 Å². The second-order valence-corrected chi connectivity index (χ2v) is 4.45. The number of hydrogen-bond donors (Lipinski definition) is 2. The molecule has 6 heteroatoms. The summed E-state index contributed by atoms with van der Waals surface area (Å²) in [6, 6.07) is 9.84. The van der Waals surface area contributed by atoms with E-state index in [4.69, 9.17) is 5.73 Å². The summed E-state index contributed by atoms with van der Waals surface area (Å²) in [4.78, 5) is 4.05. The smallest absolute Gasteiger partial charge is 0.138 e. The lowest BCUT2D eigenvalue weighted by Crippen LogP contribution is -1.90. The number of aromatic amines is 1. The van der Waals surface area contributed by atoms with Gasteiger partial charge in [-0.05, 0) is 29.3 Å². The van der Waals surface area contributed by atoms with E-state index in [0.29, 0.717) is 5.82 Å². The van der Waals surface area contributed by atoms with Crippen LogP contribution in [-0.2, 0) is 7.05 Å². The van der Waals surface area contributed by atoms with E-state index < -0.39 is 0 Å². The predicted octanol–water partition coefficient (Wildman–Crippen LogP) is 2.06. The van der Waals surface area contributed by atoms with Crippen LogP contribution in [0.2, 0.25) is 0 Å². The van der Waals surface area contributed by atoms with Gasteiger partial charge in [-0.3, -0.25) is 9.78 Å². The van der Waals surface area contributed by atoms with E-state index in [1.807, 2.05) is 43.6 Å². The van der Waals surface area contributed by atoms with Crippen molar-refractivity contribution < 1.29 is 0 Å². The molecule has 20 heavy (non-hydrogen) atoms. The number of anilines is 1. The van der Waals surface area contributed by atoms with E-state index in [-0.39, 0.29) is 0 Å². The van der Waals surface area contributed by atoms with Crippen molar-refractivity contribution in [2.24, 2.45) is 7.05 Å². The molecule has 3 aromatic rings. The molecule has 0 atom stereocenters. The van der Waals surface area contributed by atoms with Crippen LogP contribution in [-0.4, -0.2) is 25.0 Å². The van der Waals surface area contributed by atoms with Crippen LogP contribution in [0.4, 0.5) is 5.82 Å². The minimum atomic E-state index is 0.411. The summed E-state index contributed by atoms with van der Waals surface area (Å²) in [7, 11) is 1.83. The standard InChI is InChI=1S/C14H14N6/c1-20-5-4-11(7-14(15)16-9-18-20)10-2-3-12-8-17-19-13(12)6-10/h2-9H,1H3,(H,17,19)(H2,15,16,18). The van der Waals surface area contributed by atoms with Crippen LogP contribution in [0.3, 0.4) is 0 Å². The summed E-state index contributed by atoms with van der Waals surface area (Å²) in [6.45, 7) is 0. The van der Waals surface area contributed by atoms with Gasteiger partial charge in [0.2, 0.25) is 0 Å². The lowest BCUT2D eigenvalue weighted by molar-refractivity contribution is 0.737. The molecule has 3 N–H and O–H groups in total. The summed E-state index contributed by atoms with van der Waals surface area (Å²) in [5.74, 6) is 0.411. The Balaban J connectivity index is 2.22. The topological polar surface area (TPSA) is 85.4 Å². The summed E-state index contributed by atoms with van der Waals surface area (Å²) < 4.78 is 1.67. The van der Waals surface area contributed by atoms with Gasteiger partial charge in [0.1, 0.15) is 12.1 Å². The fourth-order valence-electron chi connectivity index (χ4n) is 1.94. The lowest BCUT2D eigenvalue weighted by atomic mass is 10.1. The van der Waals surface area contributed by atoms with Crippen LogP contribution >= 0.6 is 0 Å². The number of benzene rings is 1. The number of aromatic nitrogens is 5. The molecule has 0 radical (unpaired) electrons. The van der Waals surface area contributed by atoms with Gasteiger partial charge < -0.3 is 5.73 Å². The van der Waals surface area contributed by atoms with Crippen molar-refractivity contribution >= 4 is 16.7 Å². The molecule has 0 bridgehead atoms. The Morgan fingerprint density at radius 3 is 2.90 bits per heavy atom. The number of fused-ring (bicyclic) bond motifs is 1. The first-order chi connectivity index (χ1) is 9.72. The molecule has 0 saturated heterocycles. The predicted molar refractivity (Wildman–Crippen MR) is 78.1 cm³/mol. The Hall–Kier alpha value is -2.89. The Morgan fingerprint density at radius 1 is 1.15 bits per heavy atom. The first-order valence-corrected chi connectivity index (χ1v) is 6.14. The zero-order valence-electron chi connectivity index (χ0n) is 11.0. The van der Waals surface area contributed by atoms with Crippen LogP contribution < -0.4 is 5.73 Å². The maximum absolute atomic E-state index is 5.85. The molecule has 100 valence electrons. The molecule has 1 aromatic carbocycles. The van der Waals surface area contributed by atoms with Crippen molar-refractivity contribution in [3.8, 4) is 11.1 Å². The third kappa shape index (κ3) is 2.44. The molecule has 0 amide bonds. The van der Waals surface area contributed by atoms with Gasteiger partial charge in [0.05, 0.1) is 11.7 Å². The van der Waals surface area contributed by atoms with Crippen LogP contribution in [0, 0.1) is 0 Å². The number of aryl methyl sites for hydroxylation is 1. The monoisotopic (exact) mass is 266 g/mol. The number of H-pyrrole nitrogens is 1. The average Bonchev–Trinajstić information content (AvgIpc) is 2.91. The Kier molecular flexibility index (Phi) is 3.04. The number of nitrogen functional groups attached to an aromatic ring is 1. The first-order valence-electron chi connectivity index (χ1n) is 6.14. The van der Waals surface area contributed by atoms with Gasteiger partial charge in [-0.25, -0.2) is 4.98 Å². The maximum atomic E-state index is 5.85. The Morgan fingerprint density at radius 2 is 2.00 bits per heavy atom. The largest absolute Gasteiger partial charge is 0.384 e. The number of hydrogen-bond acceptors (Lipinski definition) is 4. The molecule has 0 spiro atoms. The van der Waals surface area contributed by atoms with E-state index in [2.05, 4.69) is 20.3 Å². The van der Waals surface area contributed by atoms with Crippen LogP contribution in [0.15, 0.2) is 49.1 Å². The highest BCUT2D eigenvalue weighted by Gasteiger charge is 2.00. The number of nitrogens with one attached hydrogen (secondary N) is 1. The van der Waals surface area contributed by atoms with Gasteiger partial charge in [-0.2, -0.15) is 10.2 Å². The average molecular weight is 266 g/mol. The molecule has 0 saturated carbocycles. The van der Waals surface area contributed by atoms with E-state index >= 15 is 0 Å². The van der Waals surface area contributed by atoms with Gasteiger partial charge in [0.25, 0.3) is 0 Å². The molecule has 2 aromatic heterocycles. The van der Waals surface area contributed by atoms with Crippen LogP contribution in [0.5, 0.6) is 0 Å². The molecule has 6 nitrogen and oxygen atoms in total. The minimum Gasteiger partial charge on any atom is -0.384 e. The third-order valence-electron chi connectivity index (χ3n) is 2.99. The van der Waals surface area contributed by atoms with Crippen molar-refractivity contribution in [3.05, 3.63) is 49.1 Å². The van der Waals surface area contributed by atoms with Gasteiger partial charge in [0, 0.05) is 18.6 Å². The molecule has 2 heterocycles. The Bertz CT molecular complexity index is 800. The van der Waals surface area contributed by atoms with Crippen molar-refractivity contribution in [1.82, 2.24) is 25.0 Å². The first kappa shape index (κ1) is 12.2. The molecule has 0 aliphatic rings. The van der Waals surface area contributed by atoms with Crippen molar-refractivity contribution in [1.29, 1.82) is 0 Å². The molecule has 0 aliphatic carbocycles. The molecule has 0 fully saturated rings. The van der Waals surface area contributed by atoms with Gasteiger partial charge in [-0.15, -0.1) is 0 Å². The fourth-order valence-corrected chi connectivity index (χ4v) is 1.94. The molecular weight excluding hydrogens is 252 g/mol. The summed E-state index contributed by atoms with van der Waals surface area (Å²) in [6.07, 6.45) is 5.08. The van der Waals surface area contributed by atoms with E-state index in [1.54, 1.807) is 10.9 Å². The van der Waals surface area contributed by atoms with Gasteiger partial charge >= 0.3 is 0 Å². The number of nitrogens with two attached hydrogens (primary N) is 1. The highest BCUT2D eigenvalue weighted by molar-refractivity contribution is 5.83. The summed E-state index contributed by atoms with van der Waals surface area (Å²) in [5.41, 5.74) is 8.82. The minimum absolute atomic E-state index is 0.411. The lowest BCUT2D eigenvalue weighted by Gasteiger charge is -2.00. The summed E-state index contributed by atoms with van der Waals surface area (Å²) in [5, 5.41) is 12.1. The maximum Gasteiger partial charge on any atom is 0.138 e. The molecule has 0 aliphatic heterocycles.